The van der Waals surface area contributed by atoms with Crippen LogP contribution in [0.3, 0.4) is 0 Å². The highest BCUT2D eigenvalue weighted by molar-refractivity contribution is 5.85. The van der Waals surface area contributed by atoms with Crippen molar-refractivity contribution in [2.75, 3.05) is 13.2 Å². The van der Waals surface area contributed by atoms with E-state index in [-0.39, 0.29) is 30.4 Å². The number of hydrogen-bond donors (Lipinski definition) is 2. The van der Waals surface area contributed by atoms with E-state index in [2.05, 4.69) is 10.3 Å². The van der Waals surface area contributed by atoms with Gasteiger partial charge in [0.2, 0.25) is 0 Å². The number of aliphatic hydroxyl groups excluding tert-OH is 1. The van der Waals surface area contributed by atoms with Gasteiger partial charge < -0.3 is 19.7 Å². The third-order valence-electron chi connectivity index (χ3n) is 4.93. The quantitative estimate of drug-likeness (QED) is 0.717. The van der Waals surface area contributed by atoms with Gasteiger partial charge in [-0.25, -0.2) is 9.37 Å². The molecule has 1 aliphatic rings. The summed E-state index contributed by atoms with van der Waals surface area (Å²) in [4.78, 5) is 4.38. The van der Waals surface area contributed by atoms with E-state index >= 15 is 0 Å². The van der Waals surface area contributed by atoms with Crippen LogP contribution in [0.25, 0.3) is 0 Å². The molecule has 1 heterocycles. The first kappa shape index (κ1) is 21.8. The van der Waals surface area contributed by atoms with Crippen molar-refractivity contribution < 1.29 is 14.2 Å². The molecule has 0 bridgehead atoms. The summed E-state index contributed by atoms with van der Waals surface area (Å²) < 4.78 is 21.4. The highest BCUT2D eigenvalue weighted by Gasteiger charge is 2.21. The summed E-state index contributed by atoms with van der Waals surface area (Å²) in [7, 11) is 1.90. The lowest BCUT2D eigenvalue weighted by Crippen LogP contribution is -2.35. The van der Waals surface area contributed by atoms with Crippen molar-refractivity contribution in [3.05, 3.63) is 53.9 Å². The molecule has 0 spiro atoms. The molecule has 0 amide bonds. The molecule has 2 unspecified atom stereocenters. The Hall–Kier alpha value is -1.47. The second kappa shape index (κ2) is 10.8. The van der Waals surface area contributed by atoms with Gasteiger partial charge in [0.1, 0.15) is 11.6 Å². The summed E-state index contributed by atoms with van der Waals surface area (Å²) in [6, 6.07) is 6.17. The lowest BCUT2D eigenvalue weighted by atomic mass is 9.98. The van der Waals surface area contributed by atoms with E-state index in [9.17, 15) is 9.50 Å². The van der Waals surface area contributed by atoms with Crippen LogP contribution in [0.2, 0.25) is 0 Å². The van der Waals surface area contributed by atoms with Gasteiger partial charge in [-0.3, -0.25) is 0 Å². The van der Waals surface area contributed by atoms with E-state index in [0.29, 0.717) is 13.2 Å². The SMILES string of the molecule is Cl.Cn1ccnc1C(NCC(O)COC1CCCCC1)c1cccc(F)c1. The van der Waals surface area contributed by atoms with Gasteiger partial charge in [-0.1, -0.05) is 31.4 Å². The molecule has 150 valence electrons. The fourth-order valence-corrected chi connectivity index (χ4v) is 3.49. The molecule has 0 saturated heterocycles. The number of aryl methyl sites for hydroxylation is 1. The number of hydrogen-bond acceptors (Lipinski definition) is 4. The number of nitrogens with zero attached hydrogens (tertiary/aromatic N) is 2. The maximum absolute atomic E-state index is 13.7. The van der Waals surface area contributed by atoms with Crippen molar-refractivity contribution in [3.8, 4) is 0 Å². The number of ether oxygens (including phenoxy) is 1. The second-order valence-electron chi connectivity index (χ2n) is 7.04. The molecule has 1 aromatic heterocycles. The van der Waals surface area contributed by atoms with E-state index in [0.717, 1.165) is 24.2 Å². The first-order chi connectivity index (χ1) is 12.6. The third kappa shape index (κ3) is 6.28. The highest BCUT2D eigenvalue weighted by atomic mass is 35.5. The number of halogens is 2. The Bertz CT molecular complexity index is 691. The second-order valence-corrected chi connectivity index (χ2v) is 7.04. The van der Waals surface area contributed by atoms with Crippen molar-refractivity contribution in [1.82, 2.24) is 14.9 Å². The Morgan fingerprint density at radius 1 is 1.33 bits per heavy atom. The third-order valence-corrected chi connectivity index (χ3v) is 4.93. The van der Waals surface area contributed by atoms with Gasteiger partial charge in [-0.05, 0) is 30.5 Å². The predicted octanol–water partition coefficient (Wildman–Crippen LogP) is 3.37. The Morgan fingerprint density at radius 3 is 2.78 bits per heavy atom. The number of aliphatic hydroxyl groups is 1. The van der Waals surface area contributed by atoms with Gasteiger partial charge in [0, 0.05) is 26.0 Å². The fraction of sp³-hybridized carbons (Fsp3) is 0.550. The van der Waals surface area contributed by atoms with Crippen LogP contribution in [0.4, 0.5) is 4.39 Å². The maximum Gasteiger partial charge on any atom is 0.130 e. The molecule has 5 nitrogen and oxygen atoms in total. The summed E-state index contributed by atoms with van der Waals surface area (Å²) >= 11 is 0. The number of nitrogens with one attached hydrogen (secondary N) is 1. The molecule has 1 aromatic carbocycles. The van der Waals surface area contributed by atoms with Gasteiger partial charge in [0.25, 0.3) is 0 Å². The molecule has 0 radical (unpaired) electrons. The molecule has 7 heteroatoms. The molecular weight excluding hydrogens is 369 g/mol. The van der Waals surface area contributed by atoms with Crippen molar-refractivity contribution in [3.63, 3.8) is 0 Å². The lowest BCUT2D eigenvalue weighted by molar-refractivity contribution is -0.0234. The van der Waals surface area contributed by atoms with E-state index in [1.807, 2.05) is 23.9 Å². The predicted molar refractivity (Wildman–Crippen MR) is 106 cm³/mol. The average molecular weight is 398 g/mol. The average Bonchev–Trinajstić information content (AvgIpc) is 3.07. The van der Waals surface area contributed by atoms with Crippen LogP contribution in [0.5, 0.6) is 0 Å². The number of aromatic nitrogens is 2. The van der Waals surface area contributed by atoms with Crippen molar-refractivity contribution >= 4 is 12.4 Å². The monoisotopic (exact) mass is 397 g/mol. The van der Waals surface area contributed by atoms with Crippen LogP contribution in [-0.4, -0.2) is 40.0 Å². The zero-order valence-electron chi connectivity index (χ0n) is 15.7. The molecule has 2 N–H and O–H groups in total. The Labute approximate surface area is 166 Å². The standard InChI is InChI=1S/C20H28FN3O2.ClH/c1-24-11-10-22-20(24)19(15-6-5-7-16(21)12-15)23-13-17(25)14-26-18-8-3-2-4-9-18;/h5-7,10-12,17-19,23,25H,2-4,8-9,13-14H2,1H3;1H. The Balaban J connectivity index is 0.00000261. The molecule has 1 saturated carbocycles. The normalized spacial score (nSPS) is 17.3. The summed E-state index contributed by atoms with van der Waals surface area (Å²) in [6.07, 6.45) is 9.08. The van der Waals surface area contributed by atoms with Crippen LogP contribution in [0.15, 0.2) is 36.7 Å². The zero-order chi connectivity index (χ0) is 18.4. The number of rotatable bonds is 8. The van der Waals surface area contributed by atoms with Gasteiger partial charge in [0.15, 0.2) is 0 Å². The Kier molecular flexibility index (Phi) is 8.70. The van der Waals surface area contributed by atoms with Gasteiger partial charge in [-0.15, -0.1) is 12.4 Å². The van der Waals surface area contributed by atoms with Crippen molar-refractivity contribution in [2.24, 2.45) is 7.05 Å². The molecule has 0 aliphatic heterocycles. The smallest absolute Gasteiger partial charge is 0.130 e. The van der Waals surface area contributed by atoms with Crippen LogP contribution in [-0.2, 0) is 11.8 Å². The topological polar surface area (TPSA) is 59.3 Å². The van der Waals surface area contributed by atoms with Gasteiger partial charge in [0.05, 0.1) is 24.9 Å². The van der Waals surface area contributed by atoms with Crippen LogP contribution in [0, 0.1) is 5.82 Å². The summed E-state index contributed by atoms with van der Waals surface area (Å²) in [6.45, 7) is 0.662. The largest absolute Gasteiger partial charge is 0.389 e. The zero-order valence-corrected chi connectivity index (χ0v) is 16.5. The van der Waals surface area contributed by atoms with Crippen LogP contribution in [0.1, 0.15) is 49.5 Å². The molecule has 27 heavy (non-hydrogen) atoms. The fourth-order valence-electron chi connectivity index (χ4n) is 3.49. The minimum absolute atomic E-state index is 0. The molecule has 3 rings (SSSR count). The summed E-state index contributed by atoms with van der Waals surface area (Å²) in [5.74, 6) is 0.487. The lowest BCUT2D eigenvalue weighted by Gasteiger charge is -2.25. The van der Waals surface area contributed by atoms with Crippen molar-refractivity contribution in [1.29, 1.82) is 0 Å². The molecular formula is C20H29ClFN3O2. The molecule has 1 fully saturated rings. The minimum atomic E-state index is -0.617. The Morgan fingerprint density at radius 2 is 2.11 bits per heavy atom. The van der Waals surface area contributed by atoms with Gasteiger partial charge in [-0.2, -0.15) is 0 Å². The van der Waals surface area contributed by atoms with E-state index in [1.54, 1.807) is 12.3 Å². The molecule has 2 aromatic rings. The van der Waals surface area contributed by atoms with E-state index in [4.69, 9.17) is 4.74 Å². The molecule has 2 atom stereocenters. The number of imidazole rings is 1. The minimum Gasteiger partial charge on any atom is -0.389 e. The summed E-state index contributed by atoms with van der Waals surface area (Å²) in [5.41, 5.74) is 0.777. The summed E-state index contributed by atoms with van der Waals surface area (Å²) in [5, 5.41) is 13.6. The maximum atomic E-state index is 13.7. The molecule has 1 aliphatic carbocycles. The van der Waals surface area contributed by atoms with Crippen LogP contribution < -0.4 is 5.32 Å². The number of benzene rings is 1. The highest BCUT2D eigenvalue weighted by Crippen LogP contribution is 2.22. The van der Waals surface area contributed by atoms with Crippen molar-refractivity contribution in [2.45, 2.75) is 50.4 Å². The first-order valence-corrected chi connectivity index (χ1v) is 9.39. The first-order valence-electron chi connectivity index (χ1n) is 9.39. The van der Waals surface area contributed by atoms with Gasteiger partial charge >= 0.3 is 0 Å². The van der Waals surface area contributed by atoms with E-state index in [1.165, 1.54) is 31.4 Å². The van der Waals surface area contributed by atoms with Crippen LogP contribution >= 0.6 is 12.4 Å². The van der Waals surface area contributed by atoms with E-state index < -0.39 is 6.10 Å².